The predicted molar refractivity (Wildman–Crippen MR) is 131 cm³/mol. The van der Waals surface area contributed by atoms with E-state index in [1.807, 2.05) is 54.6 Å². The van der Waals surface area contributed by atoms with E-state index in [0.717, 1.165) is 48.7 Å². The van der Waals surface area contributed by atoms with Gasteiger partial charge >= 0.3 is 0 Å². The molecule has 5 N–H and O–H groups in total. The number of rotatable bonds is 6. The molecule has 0 amide bonds. The number of aromatic nitrogens is 1. The first-order valence-corrected chi connectivity index (χ1v) is 11.0. The van der Waals surface area contributed by atoms with Crippen molar-refractivity contribution < 1.29 is 5.11 Å². The molecule has 0 spiro atoms. The quantitative estimate of drug-likeness (QED) is 0.354. The number of hydrogen-bond acceptors (Lipinski definition) is 5. The molecule has 1 aromatic heterocycles. The zero-order valence-corrected chi connectivity index (χ0v) is 18.3. The molecule has 3 aromatic rings. The number of aliphatic hydroxyl groups excluding tert-OH is 1. The van der Waals surface area contributed by atoms with Gasteiger partial charge in [-0.2, -0.15) is 4.99 Å². The maximum absolute atomic E-state index is 9.54. The summed E-state index contributed by atoms with van der Waals surface area (Å²) in [5, 5.41) is 16.0. The average Bonchev–Trinajstić information content (AvgIpc) is 2.80. The van der Waals surface area contributed by atoms with E-state index in [-0.39, 0.29) is 12.1 Å². The molecule has 4 rings (SSSR count). The molecular formula is C25H30N6O. The van der Waals surface area contributed by atoms with E-state index in [1.165, 1.54) is 5.69 Å². The lowest BCUT2D eigenvalue weighted by atomic mass is 10.0. The van der Waals surface area contributed by atoms with Crippen LogP contribution in [0.2, 0.25) is 0 Å². The number of nitrogens with one attached hydrogen (secondary N) is 2. The number of hydrogen-bond donors (Lipinski definition) is 4. The third kappa shape index (κ3) is 5.84. The van der Waals surface area contributed by atoms with Gasteiger partial charge in [-0.25, -0.2) is 4.98 Å². The number of nitrogens with two attached hydrogens (primary N) is 1. The van der Waals surface area contributed by atoms with Crippen molar-refractivity contribution in [1.29, 1.82) is 0 Å². The maximum Gasteiger partial charge on any atom is 0.199 e. The van der Waals surface area contributed by atoms with Gasteiger partial charge in [0, 0.05) is 43.1 Å². The fourth-order valence-corrected chi connectivity index (χ4v) is 3.78. The smallest absolute Gasteiger partial charge is 0.199 e. The SMILES string of the molecule is CC(O)Cc1ccc(-c2cccc(N=C(N)Nc3ccc(N4CCNCC4)cc3)n2)cc1. The van der Waals surface area contributed by atoms with Crippen molar-refractivity contribution in [3.8, 4) is 11.3 Å². The first-order valence-electron chi connectivity index (χ1n) is 11.0. The number of benzene rings is 2. The summed E-state index contributed by atoms with van der Waals surface area (Å²) in [4.78, 5) is 11.4. The predicted octanol–water partition coefficient (Wildman–Crippen LogP) is 3.14. The Bertz CT molecular complexity index is 1040. The molecule has 0 aliphatic carbocycles. The Morgan fingerprint density at radius 2 is 1.81 bits per heavy atom. The van der Waals surface area contributed by atoms with Crippen LogP contribution in [0.3, 0.4) is 0 Å². The summed E-state index contributed by atoms with van der Waals surface area (Å²) in [7, 11) is 0. The highest BCUT2D eigenvalue weighted by atomic mass is 16.3. The Labute approximate surface area is 189 Å². The van der Waals surface area contributed by atoms with Crippen LogP contribution in [0.4, 0.5) is 17.2 Å². The lowest BCUT2D eigenvalue weighted by molar-refractivity contribution is 0.195. The van der Waals surface area contributed by atoms with Gasteiger partial charge in [-0.05, 0) is 55.3 Å². The van der Waals surface area contributed by atoms with Crippen LogP contribution < -0.4 is 21.3 Å². The largest absolute Gasteiger partial charge is 0.393 e. The molecule has 1 atom stereocenters. The Morgan fingerprint density at radius 1 is 1.09 bits per heavy atom. The summed E-state index contributed by atoms with van der Waals surface area (Å²) in [6.07, 6.45) is 0.279. The Balaban J connectivity index is 1.42. The molecule has 7 nitrogen and oxygen atoms in total. The zero-order chi connectivity index (χ0) is 22.3. The molecule has 1 aliphatic heterocycles. The van der Waals surface area contributed by atoms with Crippen molar-refractivity contribution in [2.75, 3.05) is 36.4 Å². The van der Waals surface area contributed by atoms with Crippen LogP contribution in [0.25, 0.3) is 11.3 Å². The van der Waals surface area contributed by atoms with Crippen molar-refractivity contribution in [2.45, 2.75) is 19.4 Å². The van der Waals surface area contributed by atoms with Crippen LogP contribution in [0, 0.1) is 0 Å². The van der Waals surface area contributed by atoms with Gasteiger partial charge in [-0.15, -0.1) is 0 Å². The van der Waals surface area contributed by atoms with Gasteiger partial charge < -0.3 is 26.4 Å². The number of aliphatic hydroxyl groups is 1. The molecule has 0 radical (unpaired) electrons. The van der Waals surface area contributed by atoms with E-state index in [1.54, 1.807) is 6.92 Å². The molecule has 1 fully saturated rings. The maximum atomic E-state index is 9.54. The summed E-state index contributed by atoms with van der Waals surface area (Å²) in [5.41, 5.74) is 11.1. The van der Waals surface area contributed by atoms with Crippen LogP contribution in [0.1, 0.15) is 12.5 Å². The normalized spacial score (nSPS) is 15.4. The van der Waals surface area contributed by atoms with Crippen LogP contribution in [-0.4, -0.2) is 48.3 Å². The van der Waals surface area contributed by atoms with Crippen LogP contribution >= 0.6 is 0 Å². The summed E-state index contributed by atoms with van der Waals surface area (Å²) >= 11 is 0. The van der Waals surface area contributed by atoms with E-state index in [9.17, 15) is 5.11 Å². The molecule has 1 unspecified atom stereocenters. The second-order valence-corrected chi connectivity index (χ2v) is 8.04. The lowest BCUT2D eigenvalue weighted by Crippen LogP contribution is -2.43. The highest BCUT2D eigenvalue weighted by molar-refractivity contribution is 5.94. The number of pyridine rings is 1. The van der Waals surface area contributed by atoms with E-state index in [0.29, 0.717) is 12.2 Å². The standard InChI is InChI=1S/C25H30N6O/c1-18(32)17-19-5-7-20(8-6-19)23-3-2-4-24(29-23)30-25(26)28-21-9-11-22(12-10-21)31-15-13-27-14-16-31/h2-12,18,27,32H,13-17H2,1H3,(H3,26,28,29,30). The summed E-state index contributed by atoms with van der Waals surface area (Å²) in [6, 6.07) is 22.0. The van der Waals surface area contributed by atoms with Gasteiger partial charge in [0.15, 0.2) is 11.8 Å². The van der Waals surface area contributed by atoms with Crippen molar-refractivity contribution >= 4 is 23.2 Å². The Kier molecular flexibility index (Phi) is 6.99. The minimum absolute atomic E-state index is 0.289. The number of guanidine groups is 1. The minimum Gasteiger partial charge on any atom is -0.393 e. The molecule has 1 aliphatic rings. The van der Waals surface area contributed by atoms with E-state index < -0.39 is 0 Å². The Morgan fingerprint density at radius 3 is 2.50 bits per heavy atom. The number of nitrogens with zero attached hydrogens (tertiary/aromatic N) is 3. The third-order valence-corrected chi connectivity index (χ3v) is 5.37. The van der Waals surface area contributed by atoms with Gasteiger partial charge in [0.05, 0.1) is 11.8 Å². The zero-order valence-electron chi connectivity index (χ0n) is 18.3. The van der Waals surface area contributed by atoms with Gasteiger partial charge in [-0.1, -0.05) is 30.3 Å². The number of anilines is 2. The Hall–Kier alpha value is -3.42. The molecular weight excluding hydrogens is 400 g/mol. The highest BCUT2D eigenvalue weighted by Gasteiger charge is 2.10. The van der Waals surface area contributed by atoms with Gasteiger partial charge in [0.1, 0.15) is 0 Å². The second-order valence-electron chi connectivity index (χ2n) is 8.04. The molecule has 0 saturated carbocycles. The van der Waals surface area contributed by atoms with E-state index in [4.69, 9.17) is 5.73 Å². The van der Waals surface area contributed by atoms with Gasteiger partial charge in [-0.3, -0.25) is 0 Å². The number of piperazine rings is 1. The van der Waals surface area contributed by atoms with E-state index in [2.05, 4.69) is 37.6 Å². The lowest BCUT2D eigenvalue weighted by Gasteiger charge is -2.29. The average molecular weight is 431 g/mol. The molecule has 2 heterocycles. The molecule has 7 heteroatoms. The van der Waals surface area contributed by atoms with Crippen molar-refractivity contribution in [3.63, 3.8) is 0 Å². The first-order chi connectivity index (χ1) is 15.6. The van der Waals surface area contributed by atoms with Crippen molar-refractivity contribution in [2.24, 2.45) is 10.7 Å². The molecule has 0 bridgehead atoms. The fourth-order valence-electron chi connectivity index (χ4n) is 3.78. The van der Waals surface area contributed by atoms with E-state index >= 15 is 0 Å². The summed E-state index contributed by atoms with van der Waals surface area (Å²) in [6.45, 7) is 5.84. The number of aliphatic imine (C=N–C) groups is 1. The van der Waals surface area contributed by atoms with Gasteiger partial charge in [0.2, 0.25) is 0 Å². The molecule has 32 heavy (non-hydrogen) atoms. The summed E-state index contributed by atoms with van der Waals surface area (Å²) < 4.78 is 0. The molecule has 2 aromatic carbocycles. The second kappa shape index (κ2) is 10.3. The minimum atomic E-state index is -0.356. The van der Waals surface area contributed by atoms with Gasteiger partial charge in [0.25, 0.3) is 0 Å². The highest BCUT2D eigenvalue weighted by Crippen LogP contribution is 2.22. The van der Waals surface area contributed by atoms with Crippen molar-refractivity contribution in [1.82, 2.24) is 10.3 Å². The molecule has 1 saturated heterocycles. The van der Waals surface area contributed by atoms with Crippen LogP contribution in [-0.2, 0) is 6.42 Å². The summed E-state index contributed by atoms with van der Waals surface area (Å²) in [5.74, 6) is 0.829. The van der Waals surface area contributed by atoms with Crippen LogP contribution in [0.5, 0.6) is 0 Å². The third-order valence-electron chi connectivity index (χ3n) is 5.37. The monoisotopic (exact) mass is 430 g/mol. The van der Waals surface area contributed by atoms with Crippen molar-refractivity contribution in [3.05, 3.63) is 72.3 Å². The first kappa shape index (κ1) is 21.8. The molecule has 166 valence electrons. The topological polar surface area (TPSA) is 98.8 Å². The fraction of sp³-hybridized carbons (Fsp3) is 0.280. The van der Waals surface area contributed by atoms with Crippen LogP contribution in [0.15, 0.2) is 71.7 Å².